The fraction of sp³-hybridized carbons (Fsp3) is 0.0952. The van der Waals surface area contributed by atoms with Crippen LogP contribution < -0.4 is 4.90 Å². The molecule has 0 aliphatic rings. The lowest BCUT2D eigenvalue weighted by Crippen LogP contribution is -2.11. The van der Waals surface area contributed by atoms with Gasteiger partial charge in [0.1, 0.15) is 13.2 Å². The van der Waals surface area contributed by atoms with Crippen LogP contribution in [0.5, 0.6) is 0 Å². The van der Waals surface area contributed by atoms with Gasteiger partial charge in [-0.2, -0.15) is 0 Å². The summed E-state index contributed by atoms with van der Waals surface area (Å²) in [6.45, 7) is 10.9. The van der Waals surface area contributed by atoms with Crippen molar-refractivity contribution in [3.63, 3.8) is 0 Å². The van der Waals surface area contributed by atoms with Crippen molar-refractivity contribution in [1.29, 1.82) is 0 Å². The van der Waals surface area contributed by atoms with E-state index in [1.54, 1.807) is 13.8 Å². The Labute approximate surface area is 276 Å². The third kappa shape index (κ3) is 8.62. The normalized spacial score (nSPS) is 10.4. The summed E-state index contributed by atoms with van der Waals surface area (Å²) in [5.74, 6) is -0.830. The Morgan fingerprint density at radius 1 is 0.553 bits per heavy atom. The highest BCUT2D eigenvalue weighted by molar-refractivity contribution is 5.92. The van der Waals surface area contributed by atoms with Crippen LogP contribution in [0.2, 0.25) is 0 Å². The fourth-order valence-corrected chi connectivity index (χ4v) is 4.93. The maximum absolute atomic E-state index is 11.9. The Morgan fingerprint density at radius 2 is 0.915 bits per heavy atom. The number of anilines is 3. The molecule has 0 fully saturated rings. The van der Waals surface area contributed by atoms with Gasteiger partial charge in [-0.15, -0.1) is 0 Å². The molecular formula is C42H37NO4. The van der Waals surface area contributed by atoms with Gasteiger partial charge in [0, 0.05) is 28.2 Å². The zero-order valence-electron chi connectivity index (χ0n) is 26.7. The Kier molecular flexibility index (Phi) is 10.6. The molecule has 0 aliphatic carbocycles. The number of benzene rings is 5. The zero-order valence-corrected chi connectivity index (χ0v) is 26.7. The number of hydrogen-bond donors (Lipinski definition) is 0. The zero-order chi connectivity index (χ0) is 33.2. The van der Waals surface area contributed by atoms with E-state index in [-0.39, 0.29) is 13.2 Å². The van der Waals surface area contributed by atoms with Crippen LogP contribution in [-0.2, 0) is 32.3 Å². The minimum Gasteiger partial charge on any atom is -0.457 e. The van der Waals surface area contributed by atoms with Gasteiger partial charge >= 0.3 is 11.9 Å². The number of ether oxygens (including phenoxy) is 2. The fourth-order valence-electron chi connectivity index (χ4n) is 4.93. The lowest BCUT2D eigenvalue weighted by molar-refractivity contribution is -0.141. The number of hydrogen-bond acceptors (Lipinski definition) is 5. The predicted octanol–water partition coefficient (Wildman–Crippen LogP) is 9.98. The van der Waals surface area contributed by atoms with E-state index in [1.807, 2.05) is 60.7 Å². The minimum atomic E-state index is -0.415. The second-order valence-electron chi connectivity index (χ2n) is 11.3. The second-order valence-corrected chi connectivity index (χ2v) is 11.3. The minimum absolute atomic E-state index is 0.162. The summed E-state index contributed by atoms with van der Waals surface area (Å²) in [6.07, 6.45) is 2.21. The Bertz CT molecular complexity index is 1760. The predicted molar refractivity (Wildman–Crippen MR) is 190 cm³/mol. The number of nitrogens with zero attached hydrogens (tertiary/aromatic N) is 1. The van der Waals surface area contributed by atoms with Crippen molar-refractivity contribution < 1.29 is 19.1 Å². The van der Waals surface area contributed by atoms with Gasteiger partial charge in [-0.3, -0.25) is 0 Å². The lowest BCUT2D eigenvalue weighted by atomic mass is 9.95. The van der Waals surface area contributed by atoms with Gasteiger partial charge in [0.05, 0.1) is 0 Å². The van der Waals surface area contributed by atoms with Gasteiger partial charge in [0.15, 0.2) is 0 Å². The van der Waals surface area contributed by atoms with Gasteiger partial charge in [-0.25, -0.2) is 9.59 Å². The van der Waals surface area contributed by atoms with Crippen LogP contribution in [0, 0.1) is 0 Å². The van der Waals surface area contributed by atoms with E-state index in [1.165, 1.54) is 0 Å². The first-order chi connectivity index (χ1) is 22.8. The summed E-state index contributed by atoms with van der Waals surface area (Å²) < 4.78 is 10.7. The van der Waals surface area contributed by atoms with Crippen molar-refractivity contribution in [3.8, 4) is 0 Å². The highest BCUT2D eigenvalue weighted by Gasteiger charge is 2.14. The molecule has 0 aliphatic heterocycles. The van der Waals surface area contributed by atoms with Crippen LogP contribution in [0.1, 0.15) is 41.7 Å². The van der Waals surface area contributed by atoms with E-state index in [0.717, 1.165) is 50.5 Å². The van der Waals surface area contributed by atoms with E-state index in [4.69, 9.17) is 9.47 Å². The van der Waals surface area contributed by atoms with Crippen LogP contribution in [0.4, 0.5) is 17.1 Å². The first-order valence-corrected chi connectivity index (χ1v) is 15.3. The maximum Gasteiger partial charge on any atom is 0.333 e. The number of rotatable bonds is 12. The molecule has 0 unspecified atom stereocenters. The molecule has 0 radical (unpaired) electrons. The van der Waals surface area contributed by atoms with Crippen molar-refractivity contribution in [1.82, 2.24) is 0 Å². The van der Waals surface area contributed by atoms with Crippen molar-refractivity contribution >= 4 is 40.6 Å². The van der Waals surface area contributed by atoms with Crippen molar-refractivity contribution in [2.45, 2.75) is 27.1 Å². The van der Waals surface area contributed by atoms with Crippen LogP contribution in [0.3, 0.4) is 0 Å². The maximum atomic E-state index is 11.9. The average molecular weight is 620 g/mol. The van der Waals surface area contributed by atoms with Crippen molar-refractivity contribution in [2.24, 2.45) is 0 Å². The Morgan fingerprint density at radius 3 is 1.28 bits per heavy atom. The second kappa shape index (κ2) is 15.4. The Hall–Kier alpha value is -5.94. The molecule has 0 atom stereocenters. The van der Waals surface area contributed by atoms with E-state index >= 15 is 0 Å². The molecule has 5 aromatic carbocycles. The van der Waals surface area contributed by atoms with Crippen LogP contribution in [-0.4, -0.2) is 11.9 Å². The van der Waals surface area contributed by atoms with E-state index in [0.29, 0.717) is 11.1 Å². The van der Waals surface area contributed by atoms with Gasteiger partial charge < -0.3 is 14.4 Å². The third-order valence-corrected chi connectivity index (χ3v) is 7.46. The largest absolute Gasteiger partial charge is 0.457 e. The van der Waals surface area contributed by atoms with E-state index in [9.17, 15) is 9.59 Å². The summed E-state index contributed by atoms with van der Waals surface area (Å²) in [5.41, 5.74) is 9.79. The number of carbonyl (C=O) groups is 2. The molecule has 0 saturated carbocycles. The number of carbonyl (C=O) groups excluding carboxylic acids is 2. The molecule has 5 rings (SSSR count). The number of esters is 2. The summed E-state index contributed by atoms with van der Waals surface area (Å²) in [5, 5.41) is 0. The summed E-state index contributed by atoms with van der Waals surface area (Å²) in [7, 11) is 0. The topological polar surface area (TPSA) is 55.8 Å². The monoisotopic (exact) mass is 619 g/mol. The third-order valence-electron chi connectivity index (χ3n) is 7.46. The first kappa shape index (κ1) is 32.5. The van der Waals surface area contributed by atoms with Crippen LogP contribution >= 0.6 is 0 Å². The first-order valence-electron chi connectivity index (χ1n) is 15.3. The van der Waals surface area contributed by atoms with Crippen LogP contribution in [0.15, 0.2) is 158 Å². The molecule has 0 amide bonds. The molecule has 0 bridgehead atoms. The molecule has 0 saturated heterocycles. The van der Waals surface area contributed by atoms with Gasteiger partial charge in [-0.05, 0) is 89.7 Å². The standard InChI is InChI=1S/C42H37NO4/c1-30(2)41(44)46-28-33-17-23-38(24-18-33)43(39-25-19-34(20-26-39)29-47-42(45)31(3)4)37-21-15-32(16-22-37)27-40(35-11-7-5-8-12-35)36-13-9-6-10-14-36/h5-27H,1,3,28-29H2,2,4H3. The van der Waals surface area contributed by atoms with E-state index in [2.05, 4.69) is 96.9 Å². The van der Waals surface area contributed by atoms with Gasteiger partial charge in [0.25, 0.3) is 0 Å². The lowest BCUT2D eigenvalue weighted by Gasteiger charge is -2.26. The quantitative estimate of drug-likeness (QED) is 0.0790. The highest BCUT2D eigenvalue weighted by atomic mass is 16.5. The summed E-state index contributed by atoms with van der Waals surface area (Å²) in [6, 6.07) is 45.0. The summed E-state index contributed by atoms with van der Waals surface area (Å²) >= 11 is 0. The van der Waals surface area contributed by atoms with Gasteiger partial charge in [0.2, 0.25) is 0 Å². The molecule has 0 spiro atoms. The average Bonchev–Trinajstić information content (AvgIpc) is 3.11. The summed E-state index contributed by atoms with van der Waals surface area (Å²) in [4.78, 5) is 25.9. The van der Waals surface area contributed by atoms with E-state index < -0.39 is 11.9 Å². The molecule has 5 aromatic rings. The SMILES string of the molecule is C=C(C)C(=O)OCc1ccc(N(c2ccc(C=C(c3ccccc3)c3ccccc3)cc2)c2ccc(COC(=O)C(=C)C)cc2)cc1. The molecule has 0 heterocycles. The molecular weight excluding hydrogens is 582 g/mol. The molecule has 5 heteroatoms. The molecule has 234 valence electrons. The van der Waals surface area contributed by atoms with Crippen LogP contribution in [0.25, 0.3) is 11.6 Å². The molecule has 0 N–H and O–H groups in total. The molecule has 5 nitrogen and oxygen atoms in total. The molecule has 0 aromatic heterocycles. The van der Waals surface area contributed by atoms with Gasteiger partial charge in [-0.1, -0.05) is 110 Å². The van der Waals surface area contributed by atoms with Crippen molar-refractivity contribution in [2.75, 3.05) is 4.90 Å². The Balaban J connectivity index is 1.46. The molecule has 47 heavy (non-hydrogen) atoms. The smallest absolute Gasteiger partial charge is 0.333 e. The highest BCUT2D eigenvalue weighted by Crippen LogP contribution is 2.36. The van der Waals surface area contributed by atoms with Crippen molar-refractivity contribution in [3.05, 3.63) is 186 Å².